The molecule has 0 radical (unpaired) electrons. The lowest BCUT2D eigenvalue weighted by atomic mass is 10.1. The molecule has 0 bridgehead atoms. The Hall–Kier alpha value is -2.25. The van der Waals surface area contributed by atoms with Crippen molar-refractivity contribution in [3.05, 3.63) is 65.5 Å². The van der Waals surface area contributed by atoms with Crippen LogP contribution in [0.5, 0.6) is 0 Å². The number of hydrogen-bond acceptors (Lipinski definition) is 5. The number of halogens is 1. The lowest BCUT2D eigenvalue weighted by molar-refractivity contribution is -0.145. The van der Waals surface area contributed by atoms with E-state index >= 15 is 0 Å². The van der Waals surface area contributed by atoms with E-state index in [0.717, 1.165) is 5.56 Å². The summed E-state index contributed by atoms with van der Waals surface area (Å²) < 4.78 is 44.5. The molecule has 0 unspecified atom stereocenters. The van der Waals surface area contributed by atoms with Crippen LogP contribution in [-0.2, 0) is 19.4 Å². The van der Waals surface area contributed by atoms with Crippen molar-refractivity contribution in [1.82, 2.24) is 0 Å². The number of nitrogens with two attached hydrogens (primary N) is 1. The maximum atomic E-state index is 13.2. The zero-order valence-electron chi connectivity index (χ0n) is 14.5. The zero-order chi connectivity index (χ0) is 19.1. The van der Waals surface area contributed by atoms with E-state index in [-0.39, 0.29) is 11.5 Å². The van der Waals surface area contributed by atoms with Crippen molar-refractivity contribution in [3.8, 4) is 0 Å². The standard InChI is InChI=1S/C19H20FNO4S/c1-3-25-18(22)19(21)16(13-6-8-14(20)9-7-13)17(19)26(23,24)15-10-4-12(2)5-11-15/h4-11,16-17H,3,21H2,1-2H3/t16-,17-,19+/m0/s1. The molecule has 1 saturated carbocycles. The largest absolute Gasteiger partial charge is 0.465 e. The molecule has 0 aliphatic heterocycles. The molecule has 5 nitrogen and oxygen atoms in total. The van der Waals surface area contributed by atoms with Gasteiger partial charge in [-0.25, -0.2) is 17.6 Å². The normalized spacial score (nSPS) is 24.9. The number of hydrogen-bond donors (Lipinski definition) is 1. The topological polar surface area (TPSA) is 86.5 Å². The van der Waals surface area contributed by atoms with Gasteiger partial charge >= 0.3 is 5.97 Å². The molecule has 1 fully saturated rings. The van der Waals surface area contributed by atoms with E-state index < -0.39 is 38.3 Å². The van der Waals surface area contributed by atoms with Crippen LogP contribution in [0.3, 0.4) is 0 Å². The van der Waals surface area contributed by atoms with Crippen molar-refractivity contribution < 1.29 is 22.3 Å². The van der Waals surface area contributed by atoms with E-state index in [9.17, 15) is 17.6 Å². The van der Waals surface area contributed by atoms with Crippen molar-refractivity contribution in [3.63, 3.8) is 0 Å². The Morgan fingerprint density at radius 1 is 1.15 bits per heavy atom. The molecule has 1 aliphatic carbocycles. The predicted molar refractivity (Wildman–Crippen MR) is 94.8 cm³/mol. The van der Waals surface area contributed by atoms with Crippen molar-refractivity contribution in [1.29, 1.82) is 0 Å². The van der Waals surface area contributed by atoms with Crippen LogP contribution in [-0.4, -0.2) is 31.8 Å². The van der Waals surface area contributed by atoms with Crippen molar-refractivity contribution in [2.24, 2.45) is 5.73 Å². The van der Waals surface area contributed by atoms with Crippen LogP contribution in [0.2, 0.25) is 0 Å². The van der Waals surface area contributed by atoms with Crippen molar-refractivity contribution in [2.75, 3.05) is 6.61 Å². The van der Waals surface area contributed by atoms with Gasteiger partial charge in [-0.05, 0) is 43.7 Å². The fraction of sp³-hybridized carbons (Fsp3) is 0.316. The molecule has 0 aromatic heterocycles. The molecule has 7 heteroatoms. The van der Waals surface area contributed by atoms with E-state index in [0.29, 0.717) is 5.56 Å². The van der Waals surface area contributed by atoms with Crippen LogP contribution < -0.4 is 5.73 Å². The van der Waals surface area contributed by atoms with Crippen LogP contribution in [0.1, 0.15) is 24.0 Å². The summed E-state index contributed by atoms with van der Waals surface area (Å²) in [5.41, 5.74) is 5.95. The second-order valence-electron chi connectivity index (χ2n) is 6.46. The number of rotatable bonds is 5. The first-order chi connectivity index (χ1) is 12.2. The molecule has 3 rings (SSSR count). The van der Waals surface area contributed by atoms with E-state index in [4.69, 9.17) is 10.5 Å². The van der Waals surface area contributed by atoms with Crippen LogP contribution in [0.25, 0.3) is 0 Å². The summed E-state index contributed by atoms with van der Waals surface area (Å²) >= 11 is 0. The lowest BCUT2D eigenvalue weighted by Gasteiger charge is -2.11. The Kier molecular flexibility index (Phi) is 4.62. The number of ether oxygens (including phenoxy) is 1. The van der Waals surface area contributed by atoms with Crippen LogP contribution in [0.4, 0.5) is 4.39 Å². The molecule has 0 spiro atoms. The average molecular weight is 377 g/mol. The van der Waals surface area contributed by atoms with E-state index in [1.54, 1.807) is 19.1 Å². The molecular weight excluding hydrogens is 357 g/mol. The summed E-state index contributed by atoms with van der Waals surface area (Å²) in [6.45, 7) is 3.56. The van der Waals surface area contributed by atoms with Crippen LogP contribution in [0, 0.1) is 12.7 Å². The third kappa shape index (κ3) is 2.91. The third-order valence-electron chi connectivity index (χ3n) is 4.72. The highest BCUT2D eigenvalue weighted by molar-refractivity contribution is 7.92. The summed E-state index contributed by atoms with van der Waals surface area (Å²) in [5, 5.41) is -1.16. The highest BCUT2D eigenvalue weighted by Crippen LogP contribution is 2.56. The molecular formula is C19H20FNO4S. The Morgan fingerprint density at radius 2 is 1.73 bits per heavy atom. The summed E-state index contributed by atoms with van der Waals surface area (Å²) in [6, 6.07) is 11.7. The van der Waals surface area contributed by atoms with Crippen LogP contribution >= 0.6 is 0 Å². The Labute approximate surface area is 151 Å². The first-order valence-electron chi connectivity index (χ1n) is 8.25. The SMILES string of the molecule is CCOC(=O)[C@@]1(N)[C@@H](c2ccc(F)cc2)[C@@H]1S(=O)(=O)c1ccc(C)cc1. The first kappa shape index (κ1) is 18.5. The maximum absolute atomic E-state index is 13.2. The Morgan fingerprint density at radius 3 is 2.27 bits per heavy atom. The molecule has 2 N–H and O–H groups in total. The van der Waals surface area contributed by atoms with Gasteiger partial charge in [-0.2, -0.15) is 0 Å². The predicted octanol–water partition coefficient (Wildman–Crippen LogP) is 2.33. The van der Waals surface area contributed by atoms with Gasteiger partial charge in [0.15, 0.2) is 9.84 Å². The van der Waals surface area contributed by atoms with E-state index in [1.165, 1.54) is 36.4 Å². The molecule has 26 heavy (non-hydrogen) atoms. The lowest BCUT2D eigenvalue weighted by Crippen LogP contribution is -2.41. The number of carbonyl (C=O) groups excluding carboxylic acids is 1. The fourth-order valence-electron chi connectivity index (χ4n) is 3.30. The average Bonchev–Trinajstić information content (AvgIpc) is 3.25. The number of esters is 1. The summed E-state index contributed by atoms with van der Waals surface area (Å²) in [6.07, 6.45) is 0. The van der Waals surface area contributed by atoms with Gasteiger partial charge in [0.2, 0.25) is 0 Å². The van der Waals surface area contributed by atoms with Gasteiger partial charge < -0.3 is 10.5 Å². The van der Waals surface area contributed by atoms with Gasteiger partial charge in [-0.3, -0.25) is 0 Å². The van der Waals surface area contributed by atoms with Gasteiger partial charge in [0.25, 0.3) is 0 Å². The summed E-state index contributed by atoms with van der Waals surface area (Å²) in [5.74, 6) is -2.02. The minimum absolute atomic E-state index is 0.0885. The van der Waals surface area contributed by atoms with Crippen molar-refractivity contribution in [2.45, 2.75) is 35.4 Å². The number of benzene rings is 2. The van der Waals surface area contributed by atoms with Gasteiger partial charge in [0, 0.05) is 5.92 Å². The minimum Gasteiger partial charge on any atom is -0.465 e. The van der Waals surface area contributed by atoms with E-state index in [1.807, 2.05) is 6.92 Å². The highest BCUT2D eigenvalue weighted by Gasteiger charge is 2.74. The summed E-state index contributed by atoms with van der Waals surface area (Å²) in [4.78, 5) is 12.5. The molecule has 0 heterocycles. The maximum Gasteiger partial charge on any atom is 0.328 e. The smallest absolute Gasteiger partial charge is 0.328 e. The molecule has 0 saturated heterocycles. The molecule has 3 atom stereocenters. The third-order valence-corrected chi connectivity index (χ3v) is 6.98. The van der Waals surface area contributed by atoms with Gasteiger partial charge in [-0.15, -0.1) is 0 Å². The molecule has 1 aliphatic rings. The van der Waals surface area contributed by atoms with E-state index in [2.05, 4.69) is 0 Å². The second kappa shape index (κ2) is 6.48. The zero-order valence-corrected chi connectivity index (χ0v) is 15.3. The molecule has 2 aromatic carbocycles. The van der Waals surface area contributed by atoms with Gasteiger partial charge in [0.05, 0.1) is 11.5 Å². The first-order valence-corrected chi connectivity index (χ1v) is 9.79. The van der Waals surface area contributed by atoms with Gasteiger partial charge in [0.1, 0.15) is 16.6 Å². The minimum atomic E-state index is -3.88. The summed E-state index contributed by atoms with van der Waals surface area (Å²) in [7, 11) is -3.88. The quantitative estimate of drug-likeness (QED) is 0.808. The molecule has 0 amide bonds. The monoisotopic (exact) mass is 377 g/mol. The van der Waals surface area contributed by atoms with Crippen LogP contribution in [0.15, 0.2) is 53.4 Å². The molecule has 2 aromatic rings. The second-order valence-corrected chi connectivity index (χ2v) is 8.53. The number of carbonyl (C=O) groups is 1. The highest BCUT2D eigenvalue weighted by atomic mass is 32.2. The Balaban J connectivity index is 2.06. The fourth-order valence-corrected chi connectivity index (χ4v) is 5.53. The van der Waals surface area contributed by atoms with Gasteiger partial charge in [-0.1, -0.05) is 29.8 Å². The van der Waals surface area contributed by atoms with Crippen molar-refractivity contribution >= 4 is 15.8 Å². The molecule has 138 valence electrons. The Bertz CT molecular complexity index is 925. The number of aryl methyl sites for hydroxylation is 1. The number of sulfone groups is 1.